The number of allylic oxidation sites excluding steroid dienone is 1. The molecule has 0 unspecified atom stereocenters. The molecule has 3 N–H and O–H groups in total. The molecule has 0 radical (unpaired) electrons. The van der Waals surface area contributed by atoms with Gasteiger partial charge in [-0.25, -0.2) is 14.6 Å². The lowest BCUT2D eigenvalue weighted by Gasteiger charge is -2.49. The van der Waals surface area contributed by atoms with Crippen molar-refractivity contribution in [2.75, 3.05) is 31.8 Å². The van der Waals surface area contributed by atoms with Crippen LogP contribution in [0.4, 0.5) is 5.13 Å². The van der Waals surface area contributed by atoms with Crippen molar-refractivity contribution in [2.45, 2.75) is 45.5 Å². The Bertz CT molecular complexity index is 1190. The van der Waals surface area contributed by atoms with Crippen LogP contribution >= 0.6 is 23.1 Å². The SMILES string of the molecule is CC/C=C(\COC(=O)C1=C(C)CS[C@@H]2[C@H](NC(=O)/C(=N\OC)c3csc(N)n3)C(=O)N12)C(=O)OCC(C)C. The Morgan fingerprint density at radius 2 is 2.08 bits per heavy atom. The molecule has 1 aromatic rings. The molecule has 206 valence electrons. The van der Waals surface area contributed by atoms with Gasteiger partial charge in [0.2, 0.25) is 0 Å². The Morgan fingerprint density at radius 1 is 1.34 bits per heavy atom. The maximum absolute atomic E-state index is 13.1. The Balaban J connectivity index is 1.68. The van der Waals surface area contributed by atoms with Crippen LogP contribution in [-0.2, 0) is 33.5 Å². The van der Waals surface area contributed by atoms with Crippen LogP contribution < -0.4 is 11.1 Å². The van der Waals surface area contributed by atoms with Crippen LogP contribution in [0.3, 0.4) is 0 Å². The van der Waals surface area contributed by atoms with Crippen molar-refractivity contribution in [3.05, 3.63) is 34.0 Å². The number of anilines is 1. The summed E-state index contributed by atoms with van der Waals surface area (Å²) in [5.74, 6) is -1.81. The molecular weight excluding hydrogens is 534 g/mol. The molecule has 2 aliphatic heterocycles. The van der Waals surface area contributed by atoms with Crippen LogP contribution in [0.15, 0.2) is 33.5 Å². The Morgan fingerprint density at radius 3 is 2.68 bits per heavy atom. The summed E-state index contributed by atoms with van der Waals surface area (Å²) < 4.78 is 10.7. The molecule has 1 fully saturated rings. The zero-order valence-corrected chi connectivity index (χ0v) is 23.4. The number of amides is 2. The number of nitrogens with one attached hydrogen (secondary N) is 1. The number of carbonyl (C=O) groups excluding carboxylic acids is 4. The quantitative estimate of drug-likeness (QED) is 0.133. The second kappa shape index (κ2) is 12.9. The third kappa shape index (κ3) is 6.54. The number of rotatable bonds is 11. The first-order valence-corrected chi connectivity index (χ1v) is 13.8. The van der Waals surface area contributed by atoms with Crippen molar-refractivity contribution >= 4 is 57.7 Å². The molecule has 3 heterocycles. The monoisotopic (exact) mass is 565 g/mol. The van der Waals surface area contributed by atoms with Crippen molar-refractivity contribution < 1.29 is 33.5 Å². The van der Waals surface area contributed by atoms with Gasteiger partial charge in [-0.05, 0) is 24.8 Å². The first kappa shape index (κ1) is 29.2. The molecule has 2 atom stereocenters. The highest BCUT2D eigenvalue weighted by Gasteiger charge is 2.54. The number of ether oxygens (including phenoxy) is 2. The smallest absolute Gasteiger partial charge is 0.355 e. The number of hydrogen-bond acceptors (Lipinski definition) is 12. The number of esters is 2. The van der Waals surface area contributed by atoms with Gasteiger partial charge in [-0.1, -0.05) is 32.0 Å². The highest BCUT2D eigenvalue weighted by atomic mass is 32.2. The topological polar surface area (TPSA) is 163 Å². The Kier molecular flexibility index (Phi) is 9.91. The number of nitrogens with two attached hydrogens (primary N) is 1. The summed E-state index contributed by atoms with van der Waals surface area (Å²) in [4.78, 5) is 61.6. The number of nitrogens with zero attached hydrogens (tertiary/aromatic N) is 3. The van der Waals surface area contributed by atoms with Crippen molar-refractivity contribution in [1.29, 1.82) is 0 Å². The molecule has 2 amide bonds. The van der Waals surface area contributed by atoms with Gasteiger partial charge in [0.15, 0.2) is 10.8 Å². The molecule has 38 heavy (non-hydrogen) atoms. The fourth-order valence-corrected chi connectivity index (χ4v) is 5.50. The zero-order chi connectivity index (χ0) is 28.0. The molecule has 2 aliphatic rings. The van der Waals surface area contributed by atoms with E-state index in [1.807, 2.05) is 20.8 Å². The first-order valence-electron chi connectivity index (χ1n) is 11.9. The van der Waals surface area contributed by atoms with Crippen LogP contribution in [0.5, 0.6) is 0 Å². The Labute approximate surface area is 228 Å². The summed E-state index contributed by atoms with van der Waals surface area (Å²) >= 11 is 2.53. The van der Waals surface area contributed by atoms with Gasteiger partial charge in [0.1, 0.15) is 36.5 Å². The van der Waals surface area contributed by atoms with Crippen molar-refractivity contribution in [1.82, 2.24) is 15.2 Å². The second-order valence-corrected chi connectivity index (χ2v) is 10.9. The number of nitrogen functional groups attached to an aromatic ring is 1. The van der Waals surface area contributed by atoms with E-state index in [1.54, 1.807) is 18.4 Å². The van der Waals surface area contributed by atoms with Crippen molar-refractivity contribution in [3.63, 3.8) is 0 Å². The molecule has 0 spiro atoms. The second-order valence-electron chi connectivity index (χ2n) is 8.89. The maximum atomic E-state index is 13.1. The van der Waals surface area contributed by atoms with E-state index in [9.17, 15) is 19.2 Å². The van der Waals surface area contributed by atoms with Gasteiger partial charge in [0.25, 0.3) is 11.8 Å². The maximum Gasteiger partial charge on any atom is 0.355 e. The normalized spacial score (nSPS) is 19.6. The number of fused-ring (bicyclic) bond motifs is 1. The predicted octanol–water partition coefficient (Wildman–Crippen LogP) is 1.83. The molecular formula is C24H31N5O7S2. The number of thiazole rings is 1. The average molecular weight is 566 g/mol. The summed E-state index contributed by atoms with van der Waals surface area (Å²) in [6, 6.07) is -0.900. The van der Waals surface area contributed by atoms with Gasteiger partial charge in [-0.15, -0.1) is 23.1 Å². The fourth-order valence-electron chi connectivity index (χ4n) is 3.66. The summed E-state index contributed by atoms with van der Waals surface area (Å²) in [5.41, 5.74) is 6.74. The van der Waals surface area contributed by atoms with E-state index >= 15 is 0 Å². The molecule has 12 nitrogen and oxygen atoms in total. The predicted molar refractivity (Wildman–Crippen MR) is 143 cm³/mol. The van der Waals surface area contributed by atoms with E-state index in [4.69, 9.17) is 20.0 Å². The van der Waals surface area contributed by atoms with Crippen LogP contribution in [0, 0.1) is 5.92 Å². The summed E-state index contributed by atoms with van der Waals surface area (Å²) in [6.07, 6.45) is 2.20. The molecule has 0 bridgehead atoms. The third-order valence-corrected chi connectivity index (χ3v) is 7.52. The largest absolute Gasteiger partial charge is 0.462 e. The van der Waals surface area contributed by atoms with E-state index in [0.717, 1.165) is 11.3 Å². The number of oxime groups is 1. The zero-order valence-electron chi connectivity index (χ0n) is 21.8. The van der Waals surface area contributed by atoms with Crippen LogP contribution in [-0.4, -0.2) is 76.8 Å². The highest BCUT2D eigenvalue weighted by molar-refractivity contribution is 8.00. The van der Waals surface area contributed by atoms with Gasteiger partial charge < -0.3 is 25.4 Å². The lowest BCUT2D eigenvalue weighted by atomic mass is 10.0. The van der Waals surface area contributed by atoms with E-state index in [2.05, 4.69) is 15.5 Å². The van der Waals surface area contributed by atoms with Gasteiger partial charge in [0, 0.05) is 11.1 Å². The number of thioether (sulfide) groups is 1. The summed E-state index contributed by atoms with van der Waals surface area (Å²) in [5, 5.41) is 7.66. The molecule has 0 aliphatic carbocycles. The summed E-state index contributed by atoms with van der Waals surface area (Å²) in [7, 11) is 1.28. The van der Waals surface area contributed by atoms with Crippen LogP contribution in [0.25, 0.3) is 0 Å². The lowest BCUT2D eigenvalue weighted by molar-refractivity contribution is -0.152. The van der Waals surface area contributed by atoms with E-state index < -0.39 is 35.2 Å². The van der Waals surface area contributed by atoms with Gasteiger partial charge in [-0.2, -0.15) is 0 Å². The van der Waals surface area contributed by atoms with Gasteiger partial charge >= 0.3 is 11.9 Å². The molecule has 1 aromatic heterocycles. The van der Waals surface area contributed by atoms with Crippen molar-refractivity contribution in [3.8, 4) is 0 Å². The van der Waals surface area contributed by atoms with Gasteiger partial charge in [-0.3, -0.25) is 14.5 Å². The number of hydrogen-bond donors (Lipinski definition) is 2. The van der Waals surface area contributed by atoms with Crippen molar-refractivity contribution in [2.24, 2.45) is 11.1 Å². The van der Waals surface area contributed by atoms with Crippen LogP contribution in [0.2, 0.25) is 0 Å². The highest BCUT2D eigenvalue weighted by Crippen LogP contribution is 2.40. The fraction of sp³-hybridized carbons (Fsp3) is 0.500. The van der Waals surface area contributed by atoms with Crippen LogP contribution in [0.1, 0.15) is 39.8 Å². The minimum atomic E-state index is -0.900. The molecule has 14 heteroatoms. The minimum Gasteiger partial charge on any atom is -0.462 e. The number of β-lactam (4-membered cyclic amide) rings is 1. The van der Waals surface area contributed by atoms with E-state index in [-0.39, 0.29) is 46.9 Å². The number of carbonyl (C=O) groups is 4. The average Bonchev–Trinajstić information content (AvgIpc) is 3.31. The Hall–Kier alpha value is -3.39. The standard InChI is InChI=1S/C24H31N5O7S2/c1-6-7-14(22(32)35-8-12(2)3)9-36-23(33)18-13(4)10-37-21-17(20(31)29(18)21)27-19(30)16(28-34-5)15-11-38-24(25)26-15/h7,11-12,17,21H,6,8-10H2,1-5H3,(H2,25,26)(H,27,30)/b14-7+,28-16-/t17-,21-/m1/s1. The first-order chi connectivity index (χ1) is 18.1. The lowest BCUT2D eigenvalue weighted by Crippen LogP contribution is -2.71. The molecule has 1 saturated heterocycles. The molecule has 0 saturated carbocycles. The van der Waals surface area contributed by atoms with E-state index in [0.29, 0.717) is 17.7 Å². The third-order valence-electron chi connectivity index (χ3n) is 5.42. The van der Waals surface area contributed by atoms with E-state index in [1.165, 1.54) is 23.8 Å². The van der Waals surface area contributed by atoms with Gasteiger partial charge in [0.05, 0.1) is 12.2 Å². The summed E-state index contributed by atoms with van der Waals surface area (Å²) in [6.45, 7) is 7.39. The molecule has 3 rings (SSSR count). The minimum absolute atomic E-state index is 0.105. The molecule has 0 aromatic carbocycles. The number of aromatic nitrogens is 1.